The number of nitro benzene ring substituents is 1. The van der Waals surface area contributed by atoms with Gasteiger partial charge >= 0.3 is 5.97 Å². The summed E-state index contributed by atoms with van der Waals surface area (Å²) in [6, 6.07) is 5.72. The summed E-state index contributed by atoms with van der Waals surface area (Å²) < 4.78 is 4.70. The number of methoxy groups -OCH3 is 1. The number of non-ortho nitro benzene ring substituents is 1. The zero-order valence-electron chi connectivity index (χ0n) is 11.8. The highest BCUT2D eigenvalue weighted by atomic mass is 16.6. The minimum absolute atomic E-state index is 0.0399. The third-order valence-corrected chi connectivity index (χ3v) is 3.77. The van der Waals surface area contributed by atoms with Crippen LogP contribution in [-0.4, -0.2) is 30.5 Å². The largest absolute Gasteiger partial charge is 0.468 e. The van der Waals surface area contributed by atoms with Gasteiger partial charge < -0.3 is 9.64 Å². The van der Waals surface area contributed by atoms with Gasteiger partial charge in [-0.15, -0.1) is 0 Å². The normalized spacial score (nSPS) is 21.4. The van der Waals surface area contributed by atoms with Crippen LogP contribution in [0.2, 0.25) is 0 Å². The number of hydrogen-bond acceptors (Lipinski definition) is 5. The van der Waals surface area contributed by atoms with Crippen LogP contribution in [0.4, 0.5) is 11.4 Å². The van der Waals surface area contributed by atoms with E-state index in [9.17, 15) is 19.7 Å². The van der Waals surface area contributed by atoms with Crippen LogP contribution < -0.4 is 4.90 Å². The van der Waals surface area contributed by atoms with Crippen molar-refractivity contribution in [2.45, 2.75) is 13.3 Å². The first-order valence-electron chi connectivity index (χ1n) is 6.63. The first-order valence-corrected chi connectivity index (χ1v) is 6.63. The number of rotatable bonds is 4. The molecule has 1 saturated heterocycles. The summed E-state index contributed by atoms with van der Waals surface area (Å²) in [4.78, 5) is 35.8. The van der Waals surface area contributed by atoms with Crippen LogP contribution in [0, 0.1) is 22.0 Å². The van der Waals surface area contributed by atoms with Crippen molar-refractivity contribution in [1.29, 1.82) is 0 Å². The molecule has 0 aromatic heterocycles. The molecular weight excluding hydrogens is 276 g/mol. The average Bonchev–Trinajstić information content (AvgIpc) is 2.83. The minimum atomic E-state index is -0.796. The van der Waals surface area contributed by atoms with Crippen molar-refractivity contribution < 1.29 is 19.2 Å². The van der Waals surface area contributed by atoms with Gasteiger partial charge in [-0.3, -0.25) is 19.7 Å². The van der Waals surface area contributed by atoms with Gasteiger partial charge in [0.1, 0.15) is 5.92 Å². The molecule has 2 rings (SSSR count). The molecule has 1 aromatic rings. The molecule has 7 nitrogen and oxygen atoms in total. The molecule has 0 N–H and O–H groups in total. The molecule has 0 unspecified atom stereocenters. The fourth-order valence-electron chi connectivity index (χ4n) is 2.57. The fourth-order valence-corrected chi connectivity index (χ4v) is 2.57. The van der Waals surface area contributed by atoms with Crippen LogP contribution in [0.25, 0.3) is 0 Å². The third-order valence-electron chi connectivity index (χ3n) is 3.77. The highest BCUT2D eigenvalue weighted by Crippen LogP contribution is 2.33. The Balaban J connectivity index is 2.26. The van der Waals surface area contributed by atoms with Crippen molar-refractivity contribution in [3.05, 3.63) is 34.4 Å². The summed E-state index contributed by atoms with van der Waals surface area (Å²) in [5.41, 5.74) is 0.511. The van der Waals surface area contributed by atoms with Crippen LogP contribution in [0.3, 0.4) is 0 Å². The second kappa shape index (κ2) is 5.90. The summed E-state index contributed by atoms with van der Waals surface area (Å²) >= 11 is 0. The van der Waals surface area contributed by atoms with Gasteiger partial charge in [0.15, 0.2) is 0 Å². The summed E-state index contributed by atoms with van der Waals surface area (Å²) in [5, 5.41) is 10.6. The molecule has 0 spiro atoms. The van der Waals surface area contributed by atoms with Crippen LogP contribution in [0.1, 0.15) is 13.3 Å². The lowest BCUT2D eigenvalue weighted by molar-refractivity contribution is -0.384. The second-order valence-electron chi connectivity index (χ2n) is 4.89. The van der Waals surface area contributed by atoms with Gasteiger partial charge in [0, 0.05) is 24.4 Å². The molecule has 1 aliphatic rings. The maximum Gasteiger partial charge on any atom is 0.318 e. The summed E-state index contributed by atoms with van der Waals surface area (Å²) in [6.45, 7) is 2.32. The van der Waals surface area contributed by atoms with E-state index >= 15 is 0 Å². The lowest BCUT2D eigenvalue weighted by Gasteiger charge is -2.16. The Kier molecular flexibility index (Phi) is 4.21. The Morgan fingerprint density at radius 2 is 2.05 bits per heavy atom. The van der Waals surface area contributed by atoms with Gasteiger partial charge in [0.05, 0.1) is 12.0 Å². The molecule has 1 amide bonds. The number of nitrogens with zero attached hydrogens (tertiary/aromatic N) is 2. The van der Waals surface area contributed by atoms with Crippen LogP contribution >= 0.6 is 0 Å². The molecule has 112 valence electrons. The van der Waals surface area contributed by atoms with Crippen molar-refractivity contribution >= 4 is 23.3 Å². The first-order chi connectivity index (χ1) is 9.99. The molecule has 1 fully saturated rings. The molecule has 1 heterocycles. The Bertz CT molecular complexity index is 569. The van der Waals surface area contributed by atoms with Gasteiger partial charge in [-0.1, -0.05) is 13.3 Å². The molecule has 1 aromatic carbocycles. The van der Waals surface area contributed by atoms with E-state index in [0.717, 1.165) is 0 Å². The number of esters is 1. The smallest absolute Gasteiger partial charge is 0.318 e. The predicted octanol–water partition coefficient (Wildman–Crippen LogP) is 1.76. The quantitative estimate of drug-likeness (QED) is 0.365. The maximum absolute atomic E-state index is 12.4. The molecule has 0 radical (unpaired) electrons. The molecule has 1 aliphatic heterocycles. The molecule has 0 aliphatic carbocycles. The Morgan fingerprint density at radius 3 is 2.52 bits per heavy atom. The van der Waals surface area contributed by atoms with Gasteiger partial charge in [0.2, 0.25) is 5.91 Å². The Labute approximate surface area is 121 Å². The van der Waals surface area contributed by atoms with Crippen LogP contribution in [-0.2, 0) is 14.3 Å². The van der Waals surface area contributed by atoms with Gasteiger partial charge in [-0.25, -0.2) is 0 Å². The number of carbonyl (C=O) groups excluding carboxylic acids is 2. The fraction of sp³-hybridized carbons (Fsp3) is 0.429. The summed E-state index contributed by atoms with van der Waals surface area (Å²) in [6.07, 6.45) is 0.676. The maximum atomic E-state index is 12.4. The van der Waals surface area contributed by atoms with Gasteiger partial charge in [-0.05, 0) is 18.1 Å². The lowest BCUT2D eigenvalue weighted by Crippen LogP contribution is -2.31. The van der Waals surface area contributed by atoms with E-state index in [1.54, 1.807) is 0 Å². The van der Waals surface area contributed by atoms with E-state index in [-0.39, 0.29) is 17.5 Å². The first kappa shape index (κ1) is 15.0. The van der Waals surface area contributed by atoms with Crippen molar-refractivity contribution in [1.82, 2.24) is 0 Å². The van der Waals surface area contributed by atoms with Crippen molar-refractivity contribution in [2.24, 2.45) is 11.8 Å². The molecule has 2 atom stereocenters. The third kappa shape index (κ3) is 2.72. The zero-order valence-corrected chi connectivity index (χ0v) is 11.8. The molecular formula is C14H16N2O5. The van der Waals surface area contributed by atoms with Crippen molar-refractivity contribution in [3.63, 3.8) is 0 Å². The number of carbonyl (C=O) groups is 2. The highest BCUT2D eigenvalue weighted by Gasteiger charge is 2.45. The second-order valence-corrected chi connectivity index (χ2v) is 4.89. The van der Waals surface area contributed by atoms with Crippen molar-refractivity contribution in [3.8, 4) is 0 Å². The van der Waals surface area contributed by atoms with Crippen LogP contribution in [0.15, 0.2) is 24.3 Å². The number of anilines is 1. The Hall–Kier alpha value is -2.44. The number of amides is 1. The molecule has 0 saturated carbocycles. The SMILES string of the molecule is CC[C@@H]1CN(c2ccc([N+](=O)[O-])cc2)C(=O)[C@H]1C(=O)OC. The number of nitro groups is 1. The highest BCUT2D eigenvalue weighted by molar-refractivity contribution is 6.08. The summed E-state index contributed by atoms with van der Waals surface area (Å²) in [5.74, 6) is -1.76. The average molecular weight is 292 g/mol. The number of ether oxygens (including phenoxy) is 1. The van der Waals surface area contributed by atoms with Crippen LogP contribution in [0.5, 0.6) is 0 Å². The van der Waals surface area contributed by atoms with E-state index in [4.69, 9.17) is 4.74 Å². The number of hydrogen-bond donors (Lipinski definition) is 0. The minimum Gasteiger partial charge on any atom is -0.468 e. The predicted molar refractivity (Wildman–Crippen MR) is 74.7 cm³/mol. The molecule has 7 heteroatoms. The van der Waals surface area contributed by atoms with Crippen molar-refractivity contribution in [2.75, 3.05) is 18.6 Å². The topological polar surface area (TPSA) is 89.8 Å². The van der Waals surface area contributed by atoms with E-state index in [2.05, 4.69) is 0 Å². The van der Waals surface area contributed by atoms with Gasteiger partial charge in [0.25, 0.3) is 5.69 Å². The molecule has 0 bridgehead atoms. The summed E-state index contributed by atoms with van der Waals surface area (Å²) in [7, 11) is 1.26. The van der Waals surface area contributed by atoms with Gasteiger partial charge in [-0.2, -0.15) is 0 Å². The Morgan fingerprint density at radius 1 is 1.43 bits per heavy atom. The van der Waals surface area contributed by atoms with E-state index in [0.29, 0.717) is 18.7 Å². The lowest BCUT2D eigenvalue weighted by atomic mass is 9.93. The number of benzene rings is 1. The van der Waals surface area contributed by atoms with E-state index in [1.165, 1.54) is 36.3 Å². The standard InChI is InChI=1S/C14H16N2O5/c1-3-9-8-15(13(17)12(9)14(18)21-2)10-4-6-11(7-5-10)16(19)20/h4-7,9,12H,3,8H2,1-2H3/t9-,12+/m1/s1. The van der Waals surface area contributed by atoms with E-state index < -0.39 is 16.8 Å². The monoisotopic (exact) mass is 292 g/mol. The molecule has 21 heavy (non-hydrogen) atoms. The zero-order chi connectivity index (χ0) is 15.6. The van der Waals surface area contributed by atoms with E-state index in [1.807, 2.05) is 6.92 Å².